The van der Waals surface area contributed by atoms with Crippen molar-refractivity contribution in [2.24, 2.45) is 0 Å². The Hall–Kier alpha value is -2.54. The molecule has 0 aliphatic carbocycles. The van der Waals surface area contributed by atoms with Crippen LogP contribution >= 0.6 is 0 Å². The first-order valence-electron chi connectivity index (χ1n) is 9.12. The zero-order chi connectivity index (χ0) is 17.8. The molecule has 1 heteroatoms. The summed E-state index contributed by atoms with van der Waals surface area (Å²) in [5.74, 6) is 0.598. The molecule has 0 spiro atoms. The number of anilines is 3. The van der Waals surface area contributed by atoms with E-state index in [0.29, 0.717) is 5.92 Å². The van der Waals surface area contributed by atoms with Gasteiger partial charge in [0.2, 0.25) is 0 Å². The lowest BCUT2D eigenvalue weighted by molar-refractivity contribution is 0.733. The summed E-state index contributed by atoms with van der Waals surface area (Å²) in [4.78, 5) is 2.32. The Balaban J connectivity index is 0.00000243. The van der Waals surface area contributed by atoms with E-state index >= 15 is 0 Å². The van der Waals surface area contributed by atoms with Crippen molar-refractivity contribution in [2.75, 3.05) is 4.90 Å². The summed E-state index contributed by atoms with van der Waals surface area (Å²) < 4.78 is 0. The van der Waals surface area contributed by atoms with Crippen LogP contribution in [0.3, 0.4) is 0 Å². The predicted octanol–water partition coefficient (Wildman–Crippen LogP) is 7.92. The van der Waals surface area contributed by atoms with E-state index in [4.69, 9.17) is 0 Å². The van der Waals surface area contributed by atoms with E-state index in [1.165, 1.54) is 40.2 Å². The van der Waals surface area contributed by atoms with E-state index in [0.717, 1.165) is 0 Å². The van der Waals surface area contributed by atoms with Crippen molar-refractivity contribution in [2.45, 2.75) is 47.5 Å². The average Bonchev–Trinajstić information content (AvgIpc) is 2.65. The highest BCUT2D eigenvalue weighted by Gasteiger charge is 2.13. The van der Waals surface area contributed by atoms with Gasteiger partial charge >= 0.3 is 0 Å². The molecule has 0 fully saturated rings. The maximum absolute atomic E-state index is 2.32. The molecule has 0 bridgehead atoms. The van der Waals surface area contributed by atoms with Gasteiger partial charge in [-0.05, 0) is 68.1 Å². The van der Waals surface area contributed by atoms with E-state index in [2.05, 4.69) is 105 Å². The molecule has 1 unspecified atom stereocenters. The standard InChI is InChI=1S/C24H27N.CH4/c1-5-20(4)21-10-16-24(17-11-21)25(22-12-6-18(2)7-13-22)23-14-8-19(3)9-15-23;/h6-17,20H,5H2,1-4H3;1H4. The first-order valence-corrected chi connectivity index (χ1v) is 9.12. The lowest BCUT2D eigenvalue weighted by Gasteiger charge is -2.26. The number of hydrogen-bond donors (Lipinski definition) is 0. The van der Waals surface area contributed by atoms with Crippen LogP contribution in [0.4, 0.5) is 17.1 Å². The summed E-state index contributed by atoms with van der Waals surface area (Å²) in [7, 11) is 0. The maximum Gasteiger partial charge on any atom is 0.0461 e. The number of nitrogens with zero attached hydrogens (tertiary/aromatic N) is 1. The summed E-state index contributed by atoms with van der Waals surface area (Å²) in [6.45, 7) is 8.78. The van der Waals surface area contributed by atoms with Crippen molar-refractivity contribution < 1.29 is 0 Å². The monoisotopic (exact) mass is 345 g/mol. The van der Waals surface area contributed by atoms with E-state index in [9.17, 15) is 0 Å². The molecule has 0 aliphatic rings. The molecule has 0 heterocycles. The molecule has 136 valence electrons. The number of rotatable bonds is 5. The third kappa shape index (κ3) is 4.35. The van der Waals surface area contributed by atoms with Gasteiger partial charge in [0.15, 0.2) is 0 Å². The second-order valence-corrected chi connectivity index (χ2v) is 6.91. The molecule has 3 aromatic rings. The lowest BCUT2D eigenvalue weighted by atomic mass is 9.98. The molecule has 1 atom stereocenters. The molecular formula is C25H31N. The third-order valence-electron chi connectivity index (χ3n) is 4.92. The van der Waals surface area contributed by atoms with E-state index < -0.39 is 0 Å². The molecule has 0 saturated heterocycles. The minimum Gasteiger partial charge on any atom is -0.311 e. The summed E-state index contributed by atoms with van der Waals surface area (Å²) in [6, 6.07) is 26.5. The summed E-state index contributed by atoms with van der Waals surface area (Å²) >= 11 is 0. The number of aryl methyl sites for hydroxylation is 2. The van der Waals surface area contributed by atoms with Crippen LogP contribution in [0.25, 0.3) is 0 Å². The van der Waals surface area contributed by atoms with Crippen molar-refractivity contribution in [1.82, 2.24) is 0 Å². The molecule has 3 aromatic carbocycles. The number of hydrogen-bond acceptors (Lipinski definition) is 1. The molecule has 0 saturated carbocycles. The smallest absolute Gasteiger partial charge is 0.0461 e. The Morgan fingerprint density at radius 3 is 1.35 bits per heavy atom. The highest BCUT2D eigenvalue weighted by molar-refractivity contribution is 5.76. The topological polar surface area (TPSA) is 3.24 Å². The Morgan fingerprint density at radius 2 is 1.00 bits per heavy atom. The van der Waals surface area contributed by atoms with Crippen molar-refractivity contribution in [3.05, 3.63) is 89.5 Å². The van der Waals surface area contributed by atoms with Gasteiger partial charge in [-0.2, -0.15) is 0 Å². The lowest BCUT2D eigenvalue weighted by Crippen LogP contribution is -2.10. The van der Waals surface area contributed by atoms with Crippen LogP contribution in [0.1, 0.15) is 50.3 Å². The predicted molar refractivity (Wildman–Crippen MR) is 116 cm³/mol. The first-order chi connectivity index (χ1) is 12.1. The van der Waals surface area contributed by atoms with Crippen molar-refractivity contribution in [3.8, 4) is 0 Å². The van der Waals surface area contributed by atoms with Crippen LogP contribution in [0.5, 0.6) is 0 Å². The largest absolute Gasteiger partial charge is 0.311 e. The van der Waals surface area contributed by atoms with Crippen molar-refractivity contribution in [3.63, 3.8) is 0 Å². The van der Waals surface area contributed by atoms with Gasteiger partial charge in [0.25, 0.3) is 0 Å². The van der Waals surface area contributed by atoms with Crippen LogP contribution in [0, 0.1) is 13.8 Å². The third-order valence-corrected chi connectivity index (χ3v) is 4.92. The highest BCUT2D eigenvalue weighted by Crippen LogP contribution is 2.35. The van der Waals surface area contributed by atoms with Gasteiger partial charge in [0, 0.05) is 17.1 Å². The second kappa shape index (κ2) is 8.71. The maximum atomic E-state index is 2.32. The molecular weight excluding hydrogens is 314 g/mol. The Labute approximate surface area is 159 Å². The zero-order valence-electron chi connectivity index (χ0n) is 15.7. The molecule has 0 radical (unpaired) electrons. The zero-order valence-corrected chi connectivity index (χ0v) is 15.7. The van der Waals surface area contributed by atoms with E-state index in [-0.39, 0.29) is 7.43 Å². The van der Waals surface area contributed by atoms with Gasteiger partial charge in [-0.15, -0.1) is 0 Å². The average molecular weight is 346 g/mol. The molecule has 1 nitrogen and oxygen atoms in total. The summed E-state index contributed by atoms with van der Waals surface area (Å²) in [5, 5.41) is 0. The van der Waals surface area contributed by atoms with Gasteiger partial charge in [-0.25, -0.2) is 0 Å². The molecule has 3 rings (SSSR count). The molecule has 26 heavy (non-hydrogen) atoms. The van der Waals surface area contributed by atoms with Crippen LogP contribution in [0.2, 0.25) is 0 Å². The van der Waals surface area contributed by atoms with Crippen LogP contribution in [-0.4, -0.2) is 0 Å². The minimum absolute atomic E-state index is 0. The Bertz CT molecular complexity index is 753. The van der Waals surface area contributed by atoms with Crippen LogP contribution in [-0.2, 0) is 0 Å². The fraction of sp³-hybridized carbons (Fsp3) is 0.280. The van der Waals surface area contributed by atoms with Crippen LogP contribution < -0.4 is 4.90 Å². The quantitative estimate of drug-likeness (QED) is 0.454. The number of benzene rings is 3. The van der Waals surface area contributed by atoms with Crippen LogP contribution in [0.15, 0.2) is 72.8 Å². The van der Waals surface area contributed by atoms with Gasteiger partial charge in [-0.1, -0.05) is 68.8 Å². The normalized spacial score (nSPS) is 11.5. The summed E-state index contributed by atoms with van der Waals surface area (Å²) in [5.41, 5.74) is 7.52. The van der Waals surface area contributed by atoms with Crippen molar-refractivity contribution >= 4 is 17.1 Å². The van der Waals surface area contributed by atoms with Gasteiger partial charge in [-0.3, -0.25) is 0 Å². The van der Waals surface area contributed by atoms with Crippen molar-refractivity contribution in [1.29, 1.82) is 0 Å². The molecule has 0 aromatic heterocycles. The molecule has 0 amide bonds. The minimum atomic E-state index is 0. The molecule has 0 aliphatic heterocycles. The van der Waals surface area contributed by atoms with Gasteiger partial charge < -0.3 is 4.90 Å². The Morgan fingerprint density at radius 1 is 0.654 bits per heavy atom. The SMILES string of the molecule is C.CCC(C)c1ccc(N(c2ccc(C)cc2)c2ccc(C)cc2)cc1. The van der Waals surface area contributed by atoms with E-state index in [1.807, 2.05) is 0 Å². The Kier molecular flexibility index (Phi) is 6.63. The fourth-order valence-electron chi connectivity index (χ4n) is 3.02. The first kappa shape index (κ1) is 19.8. The van der Waals surface area contributed by atoms with Gasteiger partial charge in [0.05, 0.1) is 0 Å². The molecule has 0 N–H and O–H groups in total. The fourth-order valence-corrected chi connectivity index (χ4v) is 3.02. The highest BCUT2D eigenvalue weighted by atomic mass is 15.1. The van der Waals surface area contributed by atoms with Gasteiger partial charge in [0.1, 0.15) is 0 Å². The van der Waals surface area contributed by atoms with E-state index in [1.54, 1.807) is 0 Å². The summed E-state index contributed by atoms with van der Waals surface area (Å²) in [6.07, 6.45) is 1.17. The second-order valence-electron chi connectivity index (χ2n) is 6.91.